The Morgan fingerprint density at radius 3 is 2.62 bits per heavy atom. The number of aromatic amines is 1. The molecule has 5 heteroatoms. The third-order valence-electron chi connectivity index (χ3n) is 6.00. The zero-order valence-corrected chi connectivity index (χ0v) is 18.0. The lowest BCUT2D eigenvalue weighted by Gasteiger charge is -2.32. The molecule has 0 amide bonds. The number of rotatable bonds is 7. The minimum absolute atomic E-state index is 0.103. The molecule has 1 aliphatic rings. The van der Waals surface area contributed by atoms with E-state index in [9.17, 15) is 10.2 Å². The molecule has 0 saturated carbocycles. The number of aromatic hydroxyl groups is 2. The highest BCUT2D eigenvalue weighted by Gasteiger charge is 2.32. The minimum Gasteiger partial charge on any atom is -0.507 e. The molecule has 1 aromatic heterocycles. The summed E-state index contributed by atoms with van der Waals surface area (Å²) in [5.74, 6) is 1.59. The predicted molar refractivity (Wildman–Crippen MR) is 117 cm³/mol. The molecule has 5 nitrogen and oxygen atoms in total. The second-order valence-corrected chi connectivity index (χ2v) is 8.44. The summed E-state index contributed by atoms with van der Waals surface area (Å²) in [5.41, 5.74) is 4.47. The van der Waals surface area contributed by atoms with Crippen LogP contribution in [0.15, 0.2) is 29.9 Å². The van der Waals surface area contributed by atoms with Crippen molar-refractivity contribution in [1.82, 2.24) is 15.2 Å². The molecule has 2 aromatic rings. The number of unbranched alkanes of at least 4 members (excludes halogenated alkanes) is 2. The highest BCUT2D eigenvalue weighted by molar-refractivity contribution is 5.74. The van der Waals surface area contributed by atoms with Gasteiger partial charge in [-0.3, -0.25) is 0 Å². The van der Waals surface area contributed by atoms with Crippen LogP contribution in [0.4, 0.5) is 0 Å². The number of phenols is 2. The highest BCUT2D eigenvalue weighted by atomic mass is 16.3. The maximum Gasteiger partial charge on any atom is 0.165 e. The number of hydrogen-bond acceptors (Lipinski definition) is 4. The maximum atomic E-state index is 11.4. The van der Waals surface area contributed by atoms with E-state index in [0.717, 1.165) is 49.7 Å². The third kappa shape index (κ3) is 4.39. The van der Waals surface area contributed by atoms with Crippen LogP contribution in [0.25, 0.3) is 11.4 Å². The first-order valence-corrected chi connectivity index (χ1v) is 10.6. The van der Waals surface area contributed by atoms with Crippen molar-refractivity contribution >= 4 is 0 Å². The van der Waals surface area contributed by atoms with E-state index >= 15 is 0 Å². The van der Waals surface area contributed by atoms with Crippen molar-refractivity contribution in [2.45, 2.75) is 72.1 Å². The number of phenolic OH excluding ortho intramolecular Hbond substituents is 2. The molecule has 29 heavy (non-hydrogen) atoms. The number of H-pyrrole nitrogens is 1. The van der Waals surface area contributed by atoms with E-state index in [0.29, 0.717) is 22.8 Å². The van der Waals surface area contributed by atoms with Crippen LogP contribution in [0.1, 0.15) is 75.7 Å². The molecule has 3 rings (SSSR count). The van der Waals surface area contributed by atoms with Crippen molar-refractivity contribution in [2.24, 2.45) is 5.92 Å². The lowest BCUT2D eigenvalue weighted by atomic mass is 9.73. The van der Waals surface area contributed by atoms with Crippen molar-refractivity contribution in [1.29, 1.82) is 0 Å². The molecule has 0 fully saturated rings. The van der Waals surface area contributed by atoms with E-state index in [1.807, 2.05) is 19.9 Å². The average Bonchev–Trinajstić information content (AvgIpc) is 3.07. The van der Waals surface area contributed by atoms with Crippen molar-refractivity contribution in [3.63, 3.8) is 0 Å². The van der Waals surface area contributed by atoms with Gasteiger partial charge in [0.15, 0.2) is 5.82 Å². The van der Waals surface area contributed by atoms with Gasteiger partial charge in [0.1, 0.15) is 17.3 Å². The van der Waals surface area contributed by atoms with Gasteiger partial charge in [-0.15, -0.1) is 10.2 Å². The maximum absolute atomic E-state index is 11.4. The summed E-state index contributed by atoms with van der Waals surface area (Å²) in [5, 5.41) is 30.7. The first kappa shape index (κ1) is 21.2. The average molecular weight is 396 g/mol. The van der Waals surface area contributed by atoms with Gasteiger partial charge in [-0.05, 0) is 64.0 Å². The van der Waals surface area contributed by atoms with Crippen molar-refractivity contribution in [3.8, 4) is 22.9 Å². The molecule has 2 unspecified atom stereocenters. The molecule has 1 heterocycles. The molecule has 1 aromatic carbocycles. The Balaban J connectivity index is 2.18. The van der Waals surface area contributed by atoms with Crippen LogP contribution < -0.4 is 0 Å². The second-order valence-electron chi connectivity index (χ2n) is 8.44. The summed E-state index contributed by atoms with van der Waals surface area (Å²) in [4.78, 5) is 3.16. The van der Waals surface area contributed by atoms with E-state index in [4.69, 9.17) is 0 Å². The molecule has 1 aliphatic carbocycles. The van der Waals surface area contributed by atoms with Crippen LogP contribution >= 0.6 is 0 Å². The van der Waals surface area contributed by atoms with E-state index < -0.39 is 0 Å². The van der Waals surface area contributed by atoms with Gasteiger partial charge in [0, 0.05) is 11.5 Å². The Morgan fingerprint density at radius 2 is 2.00 bits per heavy atom. The number of aryl methyl sites for hydroxylation is 2. The molecule has 0 aliphatic heterocycles. The second kappa shape index (κ2) is 8.85. The molecular formula is C24H33N3O2. The predicted octanol–water partition coefficient (Wildman–Crippen LogP) is 5.94. The normalized spacial score (nSPS) is 19.2. The largest absolute Gasteiger partial charge is 0.507 e. The SMILES string of the molecule is C=C(C)C1CCC(C)=CC1c1c(O)cc(CCCCC)c(-c2nnc(C)[nH]2)c1O. The molecule has 0 radical (unpaired) electrons. The van der Waals surface area contributed by atoms with Crippen molar-refractivity contribution < 1.29 is 10.2 Å². The smallest absolute Gasteiger partial charge is 0.165 e. The number of nitrogens with zero attached hydrogens (tertiary/aromatic N) is 2. The van der Waals surface area contributed by atoms with E-state index in [-0.39, 0.29) is 23.3 Å². The number of hydrogen-bond donors (Lipinski definition) is 3. The van der Waals surface area contributed by atoms with Crippen LogP contribution in [0.3, 0.4) is 0 Å². The first-order chi connectivity index (χ1) is 13.8. The first-order valence-electron chi connectivity index (χ1n) is 10.6. The lowest BCUT2D eigenvalue weighted by molar-refractivity contribution is 0.407. The van der Waals surface area contributed by atoms with Crippen molar-refractivity contribution in [3.05, 3.63) is 46.8 Å². The summed E-state index contributed by atoms with van der Waals surface area (Å²) in [7, 11) is 0. The zero-order chi connectivity index (χ0) is 21.1. The van der Waals surface area contributed by atoms with E-state index in [1.165, 1.54) is 5.57 Å². The van der Waals surface area contributed by atoms with Gasteiger partial charge in [0.2, 0.25) is 0 Å². The van der Waals surface area contributed by atoms with Gasteiger partial charge in [-0.25, -0.2) is 0 Å². The summed E-state index contributed by atoms with van der Waals surface area (Å²) >= 11 is 0. The van der Waals surface area contributed by atoms with Crippen LogP contribution in [0, 0.1) is 12.8 Å². The quantitative estimate of drug-likeness (QED) is 0.400. The molecule has 0 spiro atoms. The molecular weight excluding hydrogens is 362 g/mol. The fourth-order valence-electron chi connectivity index (χ4n) is 4.44. The molecule has 156 valence electrons. The topological polar surface area (TPSA) is 82.0 Å². The van der Waals surface area contributed by atoms with Gasteiger partial charge in [-0.1, -0.05) is 43.6 Å². The third-order valence-corrected chi connectivity index (χ3v) is 6.00. The monoisotopic (exact) mass is 395 g/mol. The summed E-state index contributed by atoms with van der Waals surface area (Å²) < 4.78 is 0. The fourth-order valence-corrected chi connectivity index (χ4v) is 4.44. The Bertz CT molecular complexity index is 926. The number of allylic oxidation sites excluding steroid dienone is 3. The molecule has 0 bridgehead atoms. The number of nitrogens with one attached hydrogen (secondary N) is 1. The van der Waals surface area contributed by atoms with Gasteiger partial charge < -0.3 is 15.2 Å². The molecule has 0 saturated heterocycles. The fraction of sp³-hybridized carbons (Fsp3) is 0.500. The number of aromatic nitrogens is 3. The Hall–Kier alpha value is -2.56. The van der Waals surface area contributed by atoms with Crippen LogP contribution in [-0.4, -0.2) is 25.4 Å². The lowest BCUT2D eigenvalue weighted by Crippen LogP contribution is -2.17. The highest BCUT2D eigenvalue weighted by Crippen LogP contribution is 2.49. The molecule has 3 N–H and O–H groups in total. The van der Waals surface area contributed by atoms with Gasteiger partial charge >= 0.3 is 0 Å². The number of benzene rings is 1. The standard InChI is InChI=1S/C24H33N3O2/c1-6-7-8-9-17-13-20(28)22(19-12-15(4)10-11-18(19)14(2)3)23(29)21(17)24-25-16(5)26-27-24/h12-13,18-19,28-29H,2,6-11H2,1,3-5H3,(H,25,26,27). The van der Waals surface area contributed by atoms with Gasteiger partial charge in [0.05, 0.1) is 5.56 Å². The van der Waals surface area contributed by atoms with Gasteiger partial charge in [-0.2, -0.15) is 0 Å². The zero-order valence-electron chi connectivity index (χ0n) is 18.0. The Morgan fingerprint density at radius 1 is 1.24 bits per heavy atom. The summed E-state index contributed by atoms with van der Waals surface area (Å²) in [6, 6.07) is 1.81. The van der Waals surface area contributed by atoms with Crippen LogP contribution in [0.2, 0.25) is 0 Å². The Labute approximate surface area is 173 Å². The van der Waals surface area contributed by atoms with E-state index in [1.54, 1.807) is 0 Å². The minimum atomic E-state index is -0.103. The van der Waals surface area contributed by atoms with E-state index in [2.05, 4.69) is 41.7 Å². The van der Waals surface area contributed by atoms with Crippen molar-refractivity contribution in [2.75, 3.05) is 0 Å². The van der Waals surface area contributed by atoms with Gasteiger partial charge in [0.25, 0.3) is 0 Å². The summed E-state index contributed by atoms with van der Waals surface area (Å²) in [6.07, 6.45) is 8.12. The summed E-state index contributed by atoms with van der Waals surface area (Å²) in [6.45, 7) is 12.3. The molecule has 2 atom stereocenters. The van der Waals surface area contributed by atoms with Crippen LogP contribution in [-0.2, 0) is 6.42 Å². The Kier molecular flexibility index (Phi) is 6.46. The van der Waals surface area contributed by atoms with Crippen LogP contribution in [0.5, 0.6) is 11.5 Å².